The van der Waals surface area contributed by atoms with E-state index in [9.17, 15) is 4.79 Å². The van der Waals surface area contributed by atoms with Crippen molar-refractivity contribution >= 4 is 6.09 Å². The van der Waals surface area contributed by atoms with E-state index < -0.39 is 5.60 Å². The van der Waals surface area contributed by atoms with Crippen LogP contribution in [0.1, 0.15) is 73.6 Å². The summed E-state index contributed by atoms with van der Waals surface area (Å²) in [6.07, 6.45) is 6.05. The van der Waals surface area contributed by atoms with Crippen LogP contribution in [-0.2, 0) is 4.74 Å². The maximum absolute atomic E-state index is 12.3. The third-order valence-corrected chi connectivity index (χ3v) is 4.61. The molecule has 0 aromatic heterocycles. The molecule has 1 rings (SSSR count). The van der Waals surface area contributed by atoms with Crippen molar-refractivity contribution in [3.63, 3.8) is 0 Å². The van der Waals surface area contributed by atoms with Gasteiger partial charge in [0.2, 0.25) is 0 Å². The lowest BCUT2D eigenvalue weighted by Gasteiger charge is -2.35. The average Bonchev–Trinajstić information content (AvgIpc) is 2.44. The molecule has 1 aliphatic carbocycles. The molecule has 2 unspecified atom stereocenters. The smallest absolute Gasteiger partial charge is 0.410 e. The van der Waals surface area contributed by atoms with E-state index in [0.29, 0.717) is 6.04 Å². The second-order valence-electron chi connectivity index (χ2n) is 8.22. The zero-order valence-electron chi connectivity index (χ0n) is 16.2. The van der Waals surface area contributed by atoms with Gasteiger partial charge in [-0.05, 0) is 51.9 Å². The molecule has 136 valence electrons. The van der Waals surface area contributed by atoms with Crippen molar-refractivity contribution in [1.29, 1.82) is 0 Å². The number of hydrogen-bond donors (Lipinski definition) is 1. The van der Waals surface area contributed by atoms with Gasteiger partial charge in [0.15, 0.2) is 0 Å². The molecule has 4 heteroatoms. The van der Waals surface area contributed by atoms with Gasteiger partial charge in [0.1, 0.15) is 5.60 Å². The molecule has 2 atom stereocenters. The van der Waals surface area contributed by atoms with E-state index in [-0.39, 0.29) is 6.09 Å². The molecule has 1 fully saturated rings. The lowest BCUT2D eigenvalue weighted by molar-refractivity contribution is 0.0248. The normalized spacial score (nSPS) is 22.2. The molecule has 1 aliphatic rings. The Kier molecular flexibility index (Phi) is 8.38. The van der Waals surface area contributed by atoms with Crippen LogP contribution in [0.2, 0.25) is 0 Å². The quantitative estimate of drug-likeness (QED) is 0.752. The zero-order valence-corrected chi connectivity index (χ0v) is 16.2. The van der Waals surface area contributed by atoms with Crippen molar-refractivity contribution in [3.05, 3.63) is 0 Å². The van der Waals surface area contributed by atoms with E-state index in [1.165, 1.54) is 25.7 Å². The van der Waals surface area contributed by atoms with Gasteiger partial charge in [-0.2, -0.15) is 0 Å². The number of rotatable bonds is 7. The fourth-order valence-corrected chi connectivity index (χ4v) is 3.49. The Labute approximate surface area is 143 Å². The third-order valence-electron chi connectivity index (χ3n) is 4.61. The summed E-state index contributed by atoms with van der Waals surface area (Å²) in [7, 11) is 0. The number of carbonyl (C=O) groups is 1. The van der Waals surface area contributed by atoms with Crippen LogP contribution in [0, 0.1) is 11.8 Å². The van der Waals surface area contributed by atoms with Crippen LogP contribution >= 0.6 is 0 Å². The van der Waals surface area contributed by atoms with Crippen molar-refractivity contribution in [3.8, 4) is 0 Å². The molecule has 1 amide bonds. The minimum atomic E-state index is -0.428. The molecular weight excluding hydrogens is 288 g/mol. The first-order valence-corrected chi connectivity index (χ1v) is 9.46. The summed E-state index contributed by atoms with van der Waals surface area (Å²) in [5.74, 6) is 1.50. The Morgan fingerprint density at radius 2 is 1.87 bits per heavy atom. The number of hydrogen-bond acceptors (Lipinski definition) is 3. The summed E-state index contributed by atoms with van der Waals surface area (Å²) < 4.78 is 5.51. The highest BCUT2D eigenvalue weighted by Gasteiger charge is 2.27. The second kappa shape index (κ2) is 9.51. The van der Waals surface area contributed by atoms with Gasteiger partial charge < -0.3 is 15.0 Å². The summed E-state index contributed by atoms with van der Waals surface area (Å²) in [6, 6.07) is 0.603. The third kappa shape index (κ3) is 7.56. The van der Waals surface area contributed by atoms with Gasteiger partial charge in [0.25, 0.3) is 0 Å². The van der Waals surface area contributed by atoms with Crippen LogP contribution in [0.5, 0.6) is 0 Å². The van der Waals surface area contributed by atoms with E-state index in [1.54, 1.807) is 0 Å². The summed E-state index contributed by atoms with van der Waals surface area (Å²) in [4.78, 5) is 14.1. The number of nitrogens with one attached hydrogen (secondary N) is 1. The summed E-state index contributed by atoms with van der Waals surface area (Å²) >= 11 is 0. The van der Waals surface area contributed by atoms with Gasteiger partial charge in [-0.25, -0.2) is 4.79 Å². The molecule has 1 saturated carbocycles. The fourth-order valence-electron chi connectivity index (χ4n) is 3.49. The first-order chi connectivity index (χ1) is 10.7. The molecule has 0 heterocycles. The van der Waals surface area contributed by atoms with Gasteiger partial charge in [-0.3, -0.25) is 0 Å². The van der Waals surface area contributed by atoms with E-state index >= 15 is 0 Å². The Balaban J connectivity index is 2.46. The summed E-state index contributed by atoms with van der Waals surface area (Å²) in [6.45, 7) is 14.9. The van der Waals surface area contributed by atoms with Gasteiger partial charge >= 0.3 is 6.09 Å². The van der Waals surface area contributed by atoms with Gasteiger partial charge in [-0.1, -0.05) is 33.6 Å². The van der Waals surface area contributed by atoms with E-state index in [2.05, 4.69) is 26.1 Å². The first kappa shape index (κ1) is 20.3. The second-order valence-corrected chi connectivity index (χ2v) is 8.22. The largest absolute Gasteiger partial charge is 0.444 e. The first-order valence-electron chi connectivity index (χ1n) is 9.46. The molecule has 0 aromatic carbocycles. The van der Waals surface area contributed by atoms with Crippen LogP contribution in [0.25, 0.3) is 0 Å². The zero-order chi connectivity index (χ0) is 17.5. The van der Waals surface area contributed by atoms with Crippen LogP contribution in [0.3, 0.4) is 0 Å². The van der Waals surface area contributed by atoms with Gasteiger partial charge in [0, 0.05) is 25.7 Å². The topological polar surface area (TPSA) is 41.6 Å². The molecule has 0 radical (unpaired) electrons. The number of nitrogens with zero attached hydrogens (tertiary/aromatic N) is 1. The predicted molar refractivity (Wildman–Crippen MR) is 96.7 cm³/mol. The van der Waals surface area contributed by atoms with Gasteiger partial charge in [0.05, 0.1) is 0 Å². The van der Waals surface area contributed by atoms with E-state index in [1.807, 2.05) is 25.7 Å². The van der Waals surface area contributed by atoms with Crippen LogP contribution in [0.15, 0.2) is 0 Å². The lowest BCUT2D eigenvalue weighted by Crippen LogP contribution is -2.46. The highest BCUT2D eigenvalue weighted by Crippen LogP contribution is 2.30. The lowest BCUT2D eigenvalue weighted by atomic mass is 9.78. The number of amides is 1. The maximum Gasteiger partial charge on any atom is 0.410 e. The number of ether oxygens (including phenoxy) is 1. The van der Waals surface area contributed by atoms with Crippen molar-refractivity contribution in [2.45, 2.75) is 85.3 Å². The monoisotopic (exact) mass is 326 g/mol. The predicted octanol–water partition coefficient (Wildman–Crippen LogP) is 4.44. The SMILES string of the molecule is CCCN(CCNC1CCCCC1C(C)C)C(=O)OC(C)(C)C. The Morgan fingerprint density at radius 1 is 1.22 bits per heavy atom. The molecule has 0 spiro atoms. The Hall–Kier alpha value is -0.770. The van der Waals surface area contributed by atoms with Crippen molar-refractivity contribution in [2.24, 2.45) is 11.8 Å². The summed E-state index contributed by atoms with van der Waals surface area (Å²) in [5, 5.41) is 3.71. The Bertz CT molecular complexity index is 350. The molecule has 1 N–H and O–H groups in total. The minimum Gasteiger partial charge on any atom is -0.444 e. The van der Waals surface area contributed by atoms with Crippen LogP contribution in [-0.4, -0.2) is 42.3 Å². The molecule has 0 saturated heterocycles. The molecular formula is C19H38N2O2. The van der Waals surface area contributed by atoms with E-state index in [0.717, 1.165) is 37.9 Å². The number of carbonyl (C=O) groups excluding carboxylic acids is 1. The summed E-state index contributed by atoms with van der Waals surface area (Å²) in [5.41, 5.74) is -0.428. The molecule has 4 nitrogen and oxygen atoms in total. The highest BCUT2D eigenvalue weighted by atomic mass is 16.6. The molecule has 23 heavy (non-hydrogen) atoms. The van der Waals surface area contributed by atoms with E-state index in [4.69, 9.17) is 4.74 Å². The van der Waals surface area contributed by atoms with Gasteiger partial charge in [-0.15, -0.1) is 0 Å². The maximum atomic E-state index is 12.3. The Morgan fingerprint density at radius 3 is 2.43 bits per heavy atom. The minimum absolute atomic E-state index is 0.190. The van der Waals surface area contributed by atoms with Crippen molar-refractivity contribution in [2.75, 3.05) is 19.6 Å². The van der Waals surface area contributed by atoms with Crippen LogP contribution in [0.4, 0.5) is 4.79 Å². The van der Waals surface area contributed by atoms with Crippen molar-refractivity contribution in [1.82, 2.24) is 10.2 Å². The van der Waals surface area contributed by atoms with Crippen LogP contribution < -0.4 is 5.32 Å². The highest BCUT2D eigenvalue weighted by molar-refractivity contribution is 5.68. The molecule has 0 aromatic rings. The molecule has 0 aliphatic heterocycles. The standard InChI is InChI=1S/C19H38N2O2/c1-7-13-21(18(22)23-19(4,5)6)14-12-20-17-11-9-8-10-16(17)15(2)3/h15-17,20H,7-14H2,1-6H3. The fraction of sp³-hybridized carbons (Fsp3) is 0.947. The molecule has 0 bridgehead atoms. The average molecular weight is 327 g/mol. The van der Waals surface area contributed by atoms with Crippen molar-refractivity contribution < 1.29 is 9.53 Å².